The summed E-state index contributed by atoms with van der Waals surface area (Å²) in [6.45, 7) is 8.32. The van der Waals surface area contributed by atoms with Crippen LogP contribution in [-0.2, 0) is 4.79 Å². The smallest absolute Gasteiger partial charge is 0.237 e. The van der Waals surface area contributed by atoms with Gasteiger partial charge in [0.1, 0.15) is 0 Å². The standard InChI is InChI=1S/C11H24N2O/c1-8(2)6-7-9(3)13-11(14)10(4)12-5/h8-10,12H,6-7H2,1-5H3,(H,13,14). The van der Waals surface area contributed by atoms with Gasteiger partial charge in [0, 0.05) is 6.04 Å². The van der Waals surface area contributed by atoms with Gasteiger partial charge in [-0.15, -0.1) is 0 Å². The van der Waals surface area contributed by atoms with Crippen LogP contribution in [0.15, 0.2) is 0 Å². The summed E-state index contributed by atoms with van der Waals surface area (Å²) in [4.78, 5) is 11.5. The Labute approximate surface area is 87.6 Å². The maximum absolute atomic E-state index is 11.5. The second kappa shape index (κ2) is 6.82. The minimum atomic E-state index is -0.100. The van der Waals surface area contributed by atoms with Gasteiger partial charge in [0.25, 0.3) is 0 Å². The molecule has 2 atom stereocenters. The van der Waals surface area contributed by atoms with Gasteiger partial charge < -0.3 is 10.6 Å². The van der Waals surface area contributed by atoms with E-state index in [1.165, 1.54) is 0 Å². The van der Waals surface area contributed by atoms with Crippen LogP contribution in [0, 0.1) is 5.92 Å². The summed E-state index contributed by atoms with van der Waals surface area (Å²) in [5.41, 5.74) is 0. The molecule has 3 heteroatoms. The lowest BCUT2D eigenvalue weighted by Crippen LogP contribution is -2.44. The zero-order valence-electron chi connectivity index (χ0n) is 10.1. The minimum absolute atomic E-state index is 0.0868. The molecule has 0 aliphatic heterocycles. The fraction of sp³-hybridized carbons (Fsp3) is 0.909. The second-order valence-electron chi connectivity index (χ2n) is 4.39. The Balaban J connectivity index is 3.71. The minimum Gasteiger partial charge on any atom is -0.352 e. The van der Waals surface area contributed by atoms with E-state index in [0.29, 0.717) is 5.92 Å². The van der Waals surface area contributed by atoms with Crippen LogP contribution in [0.25, 0.3) is 0 Å². The van der Waals surface area contributed by atoms with E-state index in [1.807, 2.05) is 6.92 Å². The average Bonchev–Trinajstić information content (AvgIpc) is 2.13. The quantitative estimate of drug-likeness (QED) is 0.683. The number of amides is 1. The predicted molar refractivity (Wildman–Crippen MR) is 60.2 cm³/mol. The highest BCUT2D eigenvalue weighted by Crippen LogP contribution is 2.06. The van der Waals surface area contributed by atoms with Crippen molar-refractivity contribution in [2.45, 2.75) is 52.6 Å². The molecule has 0 aromatic heterocycles. The van der Waals surface area contributed by atoms with E-state index < -0.39 is 0 Å². The van der Waals surface area contributed by atoms with Crippen molar-refractivity contribution >= 4 is 5.91 Å². The van der Waals surface area contributed by atoms with Gasteiger partial charge in [0.15, 0.2) is 0 Å². The number of hydrogen-bond donors (Lipinski definition) is 2. The molecule has 0 bridgehead atoms. The van der Waals surface area contributed by atoms with Crippen molar-refractivity contribution in [3.8, 4) is 0 Å². The Hall–Kier alpha value is -0.570. The van der Waals surface area contributed by atoms with Crippen LogP contribution in [0.4, 0.5) is 0 Å². The van der Waals surface area contributed by atoms with Crippen LogP contribution in [-0.4, -0.2) is 25.0 Å². The summed E-state index contributed by atoms with van der Waals surface area (Å²) in [6, 6.07) is 0.178. The zero-order chi connectivity index (χ0) is 11.1. The highest BCUT2D eigenvalue weighted by Gasteiger charge is 2.12. The Kier molecular flexibility index (Phi) is 6.54. The van der Waals surface area contributed by atoms with Crippen molar-refractivity contribution in [1.82, 2.24) is 10.6 Å². The largest absolute Gasteiger partial charge is 0.352 e. The van der Waals surface area contributed by atoms with Crippen LogP contribution in [0.2, 0.25) is 0 Å². The lowest BCUT2D eigenvalue weighted by Gasteiger charge is -2.17. The molecule has 1 amide bonds. The first-order valence-electron chi connectivity index (χ1n) is 5.45. The lowest BCUT2D eigenvalue weighted by molar-refractivity contribution is -0.123. The molecule has 0 aromatic rings. The number of hydrogen-bond acceptors (Lipinski definition) is 2. The molecule has 0 fully saturated rings. The molecule has 0 saturated carbocycles. The average molecular weight is 200 g/mol. The molecule has 84 valence electrons. The predicted octanol–water partition coefficient (Wildman–Crippen LogP) is 1.54. The molecule has 0 aliphatic carbocycles. The van der Waals surface area contributed by atoms with E-state index in [0.717, 1.165) is 12.8 Å². The Morgan fingerprint density at radius 1 is 1.14 bits per heavy atom. The molecule has 2 unspecified atom stereocenters. The maximum atomic E-state index is 11.5. The van der Waals surface area contributed by atoms with Crippen LogP contribution in [0.1, 0.15) is 40.5 Å². The zero-order valence-corrected chi connectivity index (χ0v) is 10.1. The number of likely N-dealkylation sites (N-methyl/N-ethyl adjacent to an activating group) is 1. The van der Waals surface area contributed by atoms with Gasteiger partial charge in [-0.3, -0.25) is 4.79 Å². The fourth-order valence-corrected chi connectivity index (χ4v) is 1.15. The molecule has 0 saturated heterocycles. The molecule has 14 heavy (non-hydrogen) atoms. The molecule has 3 nitrogen and oxygen atoms in total. The molecule has 0 aromatic carbocycles. The van der Waals surface area contributed by atoms with Crippen molar-refractivity contribution in [1.29, 1.82) is 0 Å². The SMILES string of the molecule is CNC(C)C(=O)NC(C)CCC(C)C. The molecule has 0 spiro atoms. The third-order valence-electron chi connectivity index (χ3n) is 2.39. The molecular formula is C11H24N2O. The Morgan fingerprint density at radius 2 is 1.71 bits per heavy atom. The number of nitrogens with one attached hydrogen (secondary N) is 2. The van der Waals surface area contributed by atoms with Crippen molar-refractivity contribution in [2.75, 3.05) is 7.05 Å². The van der Waals surface area contributed by atoms with Crippen LogP contribution < -0.4 is 10.6 Å². The summed E-state index contributed by atoms with van der Waals surface area (Å²) in [6.07, 6.45) is 2.22. The van der Waals surface area contributed by atoms with E-state index in [-0.39, 0.29) is 18.0 Å². The topological polar surface area (TPSA) is 41.1 Å². The van der Waals surface area contributed by atoms with Gasteiger partial charge in [-0.1, -0.05) is 13.8 Å². The van der Waals surface area contributed by atoms with Crippen molar-refractivity contribution < 1.29 is 4.79 Å². The third kappa shape index (κ3) is 5.97. The molecule has 2 N–H and O–H groups in total. The molecule has 0 aliphatic rings. The molecule has 0 rings (SSSR count). The number of carbonyl (C=O) groups is 1. The van der Waals surface area contributed by atoms with Crippen LogP contribution >= 0.6 is 0 Å². The van der Waals surface area contributed by atoms with Gasteiger partial charge in [0.2, 0.25) is 5.91 Å². The van der Waals surface area contributed by atoms with Gasteiger partial charge in [-0.25, -0.2) is 0 Å². The molecule has 0 radical (unpaired) electrons. The number of carbonyl (C=O) groups excluding carboxylic acids is 1. The van der Waals surface area contributed by atoms with E-state index in [2.05, 4.69) is 31.4 Å². The first-order chi connectivity index (χ1) is 6.47. The highest BCUT2D eigenvalue weighted by atomic mass is 16.2. The van der Waals surface area contributed by atoms with Crippen molar-refractivity contribution in [3.05, 3.63) is 0 Å². The summed E-state index contributed by atoms with van der Waals surface area (Å²) in [7, 11) is 1.79. The van der Waals surface area contributed by atoms with Crippen molar-refractivity contribution in [3.63, 3.8) is 0 Å². The summed E-state index contributed by atoms with van der Waals surface area (Å²) < 4.78 is 0. The maximum Gasteiger partial charge on any atom is 0.237 e. The van der Waals surface area contributed by atoms with Crippen molar-refractivity contribution in [2.24, 2.45) is 5.92 Å². The van der Waals surface area contributed by atoms with Gasteiger partial charge in [-0.2, -0.15) is 0 Å². The van der Waals surface area contributed by atoms with Gasteiger partial charge >= 0.3 is 0 Å². The monoisotopic (exact) mass is 200 g/mol. The summed E-state index contributed by atoms with van der Waals surface area (Å²) in [5.74, 6) is 0.792. The number of rotatable bonds is 6. The molecule has 0 heterocycles. The second-order valence-corrected chi connectivity index (χ2v) is 4.39. The van der Waals surface area contributed by atoms with E-state index in [4.69, 9.17) is 0 Å². The van der Waals surface area contributed by atoms with Crippen LogP contribution in [0.5, 0.6) is 0 Å². The van der Waals surface area contributed by atoms with Crippen LogP contribution in [0.3, 0.4) is 0 Å². The first kappa shape index (κ1) is 13.4. The van der Waals surface area contributed by atoms with E-state index in [9.17, 15) is 4.79 Å². The molecular weight excluding hydrogens is 176 g/mol. The first-order valence-corrected chi connectivity index (χ1v) is 5.45. The normalized spacial score (nSPS) is 15.3. The third-order valence-corrected chi connectivity index (χ3v) is 2.39. The van der Waals surface area contributed by atoms with Gasteiger partial charge in [0.05, 0.1) is 6.04 Å². The fourth-order valence-electron chi connectivity index (χ4n) is 1.15. The van der Waals surface area contributed by atoms with E-state index >= 15 is 0 Å². The summed E-state index contributed by atoms with van der Waals surface area (Å²) in [5, 5.41) is 5.91. The Bertz CT molecular complexity index is 169. The summed E-state index contributed by atoms with van der Waals surface area (Å²) >= 11 is 0. The van der Waals surface area contributed by atoms with Gasteiger partial charge in [-0.05, 0) is 39.7 Å². The highest BCUT2D eigenvalue weighted by molar-refractivity contribution is 5.81. The lowest BCUT2D eigenvalue weighted by atomic mass is 10.0. The Morgan fingerprint density at radius 3 is 2.14 bits per heavy atom. The van der Waals surface area contributed by atoms with E-state index in [1.54, 1.807) is 7.05 Å².